The number of para-hydroxylation sites is 1. The topological polar surface area (TPSA) is 43.6 Å². The van der Waals surface area contributed by atoms with Crippen molar-refractivity contribution in [3.63, 3.8) is 0 Å². The van der Waals surface area contributed by atoms with Gasteiger partial charge in [0.1, 0.15) is 0 Å². The molecule has 0 radical (unpaired) electrons. The van der Waals surface area contributed by atoms with E-state index in [9.17, 15) is 0 Å². The number of aryl methyl sites for hydroxylation is 2. The largest absolute Gasteiger partial charge is 0.214 e. The quantitative estimate of drug-likeness (QED) is 0.637. The molecule has 0 saturated heterocycles. The maximum absolute atomic E-state index is 4.17. The second-order valence-corrected chi connectivity index (χ2v) is 6.79. The van der Waals surface area contributed by atoms with Gasteiger partial charge in [0, 0.05) is 10.2 Å². The first-order chi connectivity index (χ1) is 10.7. The Balaban J connectivity index is 1.89. The zero-order valence-electron chi connectivity index (χ0n) is 12.3. The van der Waals surface area contributed by atoms with Gasteiger partial charge < -0.3 is 0 Å². The Morgan fingerprint density at radius 1 is 1.05 bits per heavy atom. The molecule has 2 aromatic carbocycles. The van der Waals surface area contributed by atoms with E-state index in [-0.39, 0.29) is 0 Å². The molecular formula is C16H15BrN4S. The van der Waals surface area contributed by atoms with Gasteiger partial charge in [-0.05, 0) is 47.0 Å². The molecule has 0 bridgehead atoms. The Kier molecular flexibility index (Phi) is 4.59. The van der Waals surface area contributed by atoms with Crippen molar-refractivity contribution in [3.8, 4) is 5.69 Å². The lowest BCUT2D eigenvalue weighted by molar-refractivity contribution is 0.747. The molecule has 1 aromatic heterocycles. The summed E-state index contributed by atoms with van der Waals surface area (Å²) in [6.07, 6.45) is 0. The molecule has 6 heteroatoms. The first kappa shape index (κ1) is 15.2. The molecule has 0 N–H and O–H groups in total. The molecule has 0 spiro atoms. The summed E-state index contributed by atoms with van der Waals surface area (Å²) in [5, 5.41) is 13.0. The van der Waals surface area contributed by atoms with Gasteiger partial charge in [-0.25, -0.2) is 0 Å². The van der Waals surface area contributed by atoms with Crippen LogP contribution < -0.4 is 0 Å². The lowest BCUT2D eigenvalue weighted by Gasteiger charge is -2.10. The molecule has 0 saturated carbocycles. The SMILES string of the molecule is Cc1cccc(C)c1-n1nnnc1SCc1ccccc1Br. The molecule has 22 heavy (non-hydrogen) atoms. The highest BCUT2D eigenvalue weighted by molar-refractivity contribution is 9.10. The average molecular weight is 375 g/mol. The number of halogens is 1. The lowest BCUT2D eigenvalue weighted by Crippen LogP contribution is -2.04. The number of rotatable bonds is 4. The van der Waals surface area contributed by atoms with E-state index in [2.05, 4.69) is 63.5 Å². The molecule has 3 aromatic rings. The van der Waals surface area contributed by atoms with Gasteiger partial charge in [-0.2, -0.15) is 4.68 Å². The molecule has 0 aliphatic rings. The number of nitrogens with zero attached hydrogens (tertiary/aromatic N) is 4. The smallest absolute Gasteiger partial charge is 0.187 e. The predicted octanol–water partition coefficient (Wildman–Crippen LogP) is 4.33. The van der Waals surface area contributed by atoms with Crippen LogP contribution in [-0.4, -0.2) is 20.2 Å². The molecule has 3 rings (SSSR count). The molecule has 1 heterocycles. The van der Waals surface area contributed by atoms with E-state index in [1.54, 1.807) is 11.8 Å². The third-order valence-electron chi connectivity index (χ3n) is 3.41. The zero-order chi connectivity index (χ0) is 15.5. The average Bonchev–Trinajstić information content (AvgIpc) is 2.94. The summed E-state index contributed by atoms with van der Waals surface area (Å²) in [6, 6.07) is 14.4. The van der Waals surface area contributed by atoms with Crippen LogP contribution in [-0.2, 0) is 5.75 Å². The number of hydrogen-bond acceptors (Lipinski definition) is 4. The first-order valence-corrected chi connectivity index (χ1v) is 8.66. The van der Waals surface area contributed by atoms with Crippen molar-refractivity contribution in [3.05, 3.63) is 63.6 Å². The van der Waals surface area contributed by atoms with E-state index in [0.29, 0.717) is 0 Å². The second kappa shape index (κ2) is 6.62. The van der Waals surface area contributed by atoms with Crippen molar-refractivity contribution < 1.29 is 0 Å². The lowest BCUT2D eigenvalue weighted by atomic mass is 10.1. The number of thioether (sulfide) groups is 1. The minimum absolute atomic E-state index is 0.799. The van der Waals surface area contributed by atoms with E-state index in [1.807, 2.05) is 28.9 Å². The molecule has 0 amide bonds. The standard InChI is InChI=1S/C16H15BrN4S/c1-11-6-5-7-12(2)15(11)21-16(18-19-20-21)22-10-13-8-3-4-9-14(13)17/h3-9H,10H2,1-2H3. The van der Waals surface area contributed by atoms with E-state index in [4.69, 9.17) is 0 Å². The minimum atomic E-state index is 0.799. The van der Waals surface area contributed by atoms with Crippen LogP contribution in [0.4, 0.5) is 0 Å². The van der Waals surface area contributed by atoms with Crippen LogP contribution in [0.1, 0.15) is 16.7 Å². The number of benzene rings is 2. The summed E-state index contributed by atoms with van der Waals surface area (Å²) in [5.74, 6) is 0.812. The van der Waals surface area contributed by atoms with Crippen LogP contribution in [0, 0.1) is 13.8 Å². The molecule has 112 valence electrons. The maximum Gasteiger partial charge on any atom is 0.214 e. The van der Waals surface area contributed by atoms with Crippen molar-refractivity contribution >= 4 is 27.7 Å². The highest BCUT2D eigenvalue weighted by Gasteiger charge is 2.13. The monoisotopic (exact) mass is 374 g/mol. The Morgan fingerprint density at radius 2 is 1.77 bits per heavy atom. The molecule has 0 aliphatic heterocycles. The van der Waals surface area contributed by atoms with Crippen molar-refractivity contribution in [2.24, 2.45) is 0 Å². The molecular weight excluding hydrogens is 360 g/mol. The van der Waals surface area contributed by atoms with Crippen LogP contribution >= 0.6 is 27.7 Å². The van der Waals surface area contributed by atoms with Gasteiger partial charge in [-0.3, -0.25) is 0 Å². The molecule has 0 unspecified atom stereocenters. The normalized spacial score (nSPS) is 10.9. The Labute approximate surface area is 142 Å². The number of hydrogen-bond donors (Lipinski definition) is 0. The third kappa shape index (κ3) is 3.08. The van der Waals surface area contributed by atoms with Crippen LogP contribution in [0.3, 0.4) is 0 Å². The summed E-state index contributed by atoms with van der Waals surface area (Å²) < 4.78 is 2.93. The Bertz CT molecular complexity index is 780. The van der Waals surface area contributed by atoms with Gasteiger partial charge in [-0.1, -0.05) is 64.1 Å². The van der Waals surface area contributed by atoms with Gasteiger partial charge in [0.15, 0.2) is 0 Å². The summed E-state index contributed by atoms with van der Waals surface area (Å²) in [6.45, 7) is 4.15. The van der Waals surface area contributed by atoms with Crippen molar-refractivity contribution in [2.75, 3.05) is 0 Å². The fourth-order valence-electron chi connectivity index (χ4n) is 2.31. The van der Waals surface area contributed by atoms with Crippen LogP contribution in [0.25, 0.3) is 5.69 Å². The first-order valence-electron chi connectivity index (χ1n) is 6.88. The predicted molar refractivity (Wildman–Crippen MR) is 92.3 cm³/mol. The summed E-state index contributed by atoms with van der Waals surface area (Å²) >= 11 is 5.21. The Morgan fingerprint density at radius 3 is 2.50 bits per heavy atom. The minimum Gasteiger partial charge on any atom is -0.187 e. The van der Waals surface area contributed by atoms with E-state index in [1.165, 1.54) is 5.56 Å². The van der Waals surface area contributed by atoms with E-state index in [0.717, 1.165) is 32.2 Å². The van der Waals surface area contributed by atoms with Gasteiger partial charge in [0.05, 0.1) is 5.69 Å². The summed E-state index contributed by atoms with van der Waals surface area (Å²) in [5.41, 5.74) is 4.61. The van der Waals surface area contributed by atoms with Crippen LogP contribution in [0.2, 0.25) is 0 Å². The third-order valence-corrected chi connectivity index (χ3v) is 5.15. The molecule has 0 atom stereocenters. The molecule has 0 fully saturated rings. The highest BCUT2D eigenvalue weighted by Crippen LogP contribution is 2.28. The van der Waals surface area contributed by atoms with E-state index < -0.39 is 0 Å². The van der Waals surface area contributed by atoms with Crippen molar-refractivity contribution in [1.29, 1.82) is 0 Å². The fraction of sp³-hybridized carbons (Fsp3) is 0.188. The van der Waals surface area contributed by atoms with Crippen LogP contribution in [0.5, 0.6) is 0 Å². The zero-order valence-corrected chi connectivity index (χ0v) is 14.7. The number of aromatic nitrogens is 4. The Hall–Kier alpha value is -1.66. The highest BCUT2D eigenvalue weighted by atomic mass is 79.9. The van der Waals surface area contributed by atoms with E-state index >= 15 is 0 Å². The number of tetrazole rings is 1. The summed E-state index contributed by atoms with van der Waals surface area (Å²) in [7, 11) is 0. The van der Waals surface area contributed by atoms with Crippen molar-refractivity contribution in [1.82, 2.24) is 20.2 Å². The van der Waals surface area contributed by atoms with Crippen LogP contribution in [0.15, 0.2) is 52.1 Å². The molecule has 0 aliphatic carbocycles. The van der Waals surface area contributed by atoms with Gasteiger partial charge in [0.2, 0.25) is 5.16 Å². The second-order valence-electron chi connectivity index (χ2n) is 4.99. The maximum atomic E-state index is 4.17. The van der Waals surface area contributed by atoms with Crippen molar-refractivity contribution in [2.45, 2.75) is 24.8 Å². The fourth-order valence-corrected chi connectivity index (χ4v) is 3.80. The van der Waals surface area contributed by atoms with Gasteiger partial charge in [-0.15, -0.1) is 5.10 Å². The summed E-state index contributed by atoms with van der Waals surface area (Å²) in [4.78, 5) is 0. The van der Waals surface area contributed by atoms with Gasteiger partial charge in [0.25, 0.3) is 0 Å². The molecule has 4 nitrogen and oxygen atoms in total. The van der Waals surface area contributed by atoms with Gasteiger partial charge >= 0.3 is 0 Å².